The van der Waals surface area contributed by atoms with Gasteiger partial charge in [0.1, 0.15) is 0 Å². The normalized spacial score (nSPS) is 21.7. The molecule has 0 radical (unpaired) electrons. The van der Waals surface area contributed by atoms with Gasteiger partial charge in [-0.15, -0.1) is 0 Å². The van der Waals surface area contributed by atoms with E-state index in [4.69, 9.17) is 0 Å². The molecule has 3 atom stereocenters. The molecule has 1 aromatic rings. The average Bonchev–Trinajstić information content (AvgIpc) is 2.44. The summed E-state index contributed by atoms with van der Waals surface area (Å²) >= 11 is 0. The van der Waals surface area contributed by atoms with Crippen molar-refractivity contribution in [2.45, 2.75) is 51.6 Å². The number of aromatic nitrogens is 1. The number of nitriles is 1. The van der Waals surface area contributed by atoms with Crippen LogP contribution in [0.5, 0.6) is 0 Å². The van der Waals surface area contributed by atoms with Gasteiger partial charge in [0.2, 0.25) is 0 Å². The van der Waals surface area contributed by atoms with Gasteiger partial charge in [-0.1, -0.05) is 20.3 Å². The molecule has 2 rings (SSSR count). The number of fused-ring (bicyclic) bond motifs is 1. The van der Waals surface area contributed by atoms with Crippen molar-refractivity contribution in [1.82, 2.24) is 10.3 Å². The van der Waals surface area contributed by atoms with E-state index in [1.54, 1.807) is 0 Å². The molecular weight excluding hydrogens is 222 g/mol. The molecule has 1 N–H and O–H groups in total. The molecule has 0 amide bonds. The second kappa shape index (κ2) is 5.97. The van der Waals surface area contributed by atoms with Crippen LogP contribution in [0.15, 0.2) is 18.5 Å². The Morgan fingerprint density at radius 1 is 1.61 bits per heavy atom. The molecule has 3 nitrogen and oxygen atoms in total. The lowest BCUT2D eigenvalue weighted by Gasteiger charge is -2.29. The topological polar surface area (TPSA) is 48.7 Å². The Morgan fingerprint density at radius 2 is 2.44 bits per heavy atom. The van der Waals surface area contributed by atoms with Crippen molar-refractivity contribution in [3.05, 3.63) is 29.6 Å². The number of nitrogens with one attached hydrogen (secondary N) is 1. The third-order valence-corrected chi connectivity index (χ3v) is 3.99. The Labute approximate surface area is 109 Å². The molecule has 1 aromatic heterocycles. The van der Waals surface area contributed by atoms with E-state index in [-0.39, 0.29) is 6.04 Å². The Hall–Kier alpha value is -1.40. The summed E-state index contributed by atoms with van der Waals surface area (Å²) in [5, 5.41) is 12.8. The monoisotopic (exact) mass is 243 g/mol. The van der Waals surface area contributed by atoms with Crippen LogP contribution in [0.2, 0.25) is 0 Å². The van der Waals surface area contributed by atoms with Crippen molar-refractivity contribution >= 4 is 0 Å². The van der Waals surface area contributed by atoms with E-state index in [1.165, 1.54) is 17.5 Å². The molecule has 0 aromatic carbocycles. The summed E-state index contributed by atoms with van der Waals surface area (Å²) in [7, 11) is 0. The van der Waals surface area contributed by atoms with Crippen molar-refractivity contribution in [1.29, 1.82) is 5.26 Å². The molecule has 0 aliphatic heterocycles. The van der Waals surface area contributed by atoms with Crippen LogP contribution in [0.1, 0.15) is 50.3 Å². The lowest BCUT2D eigenvalue weighted by molar-refractivity contribution is 0.359. The Morgan fingerprint density at radius 3 is 3.17 bits per heavy atom. The SMILES string of the molecule is CCC(C)C(C#N)NC1CCCc2ccncc21. The summed E-state index contributed by atoms with van der Waals surface area (Å²) in [6.45, 7) is 4.26. The molecule has 96 valence electrons. The van der Waals surface area contributed by atoms with Gasteiger partial charge in [0, 0.05) is 18.4 Å². The Kier molecular flexibility index (Phi) is 4.33. The van der Waals surface area contributed by atoms with Crippen LogP contribution in [0.3, 0.4) is 0 Å². The van der Waals surface area contributed by atoms with E-state index >= 15 is 0 Å². The van der Waals surface area contributed by atoms with Crippen LogP contribution in [-0.4, -0.2) is 11.0 Å². The second-order valence-corrected chi connectivity index (χ2v) is 5.18. The molecule has 18 heavy (non-hydrogen) atoms. The molecule has 0 fully saturated rings. The predicted molar refractivity (Wildman–Crippen MR) is 71.9 cm³/mol. The van der Waals surface area contributed by atoms with Crippen LogP contribution in [0.25, 0.3) is 0 Å². The number of aryl methyl sites for hydroxylation is 1. The molecule has 1 aliphatic carbocycles. The quantitative estimate of drug-likeness (QED) is 0.884. The first-order valence-electron chi connectivity index (χ1n) is 6.84. The predicted octanol–water partition coefficient (Wildman–Crippen LogP) is 2.99. The molecule has 1 heterocycles. The van der Waals surface area contributed by atoms with E-state index in [0.717, 1.165) is 19.3 Å². The minimum atomic E-state index is -0.0637. The highest BCUT2D eigenvalue weighted by molar-refractivity contribution is 5.29. The van der Waals surface area contributed by atoms with E-state index in [2.05, 4.69) is 36.3 Å². The van der Waals surface area contributed by atoms with Crippen LogP contribution >= 0.6 is 0 Å². The minimum absolute atomic E-state index is 0.0637. The van der Waals surface area contributed by atoms with E-state index in [0.29, 0.717) is 12.0 Å². The van der Waals surface area contributed by atoms with E-state index in [9.17, 15) is 5.26 Å². The van der Waals surface area contributed by atoms with Crippen LogP contribution in [-0.2, 0) is 6.42 Å². The Balaban J connectivity index is 2.14. The summed E-state index contributed by atoms with van der Waals surface area (Å²) < 4.78 is 0. The molecule has 3 heteroatoms. The molecule has 3 unspecified atom stereocenters. The zero-order valence-electron chi connectivity index (χ0n) is 11.2. The van der Waals surface area contributed by atoms with Crippen molar-refractivity contribution in [2.75, 3.05) is 0 Å². The van der Waals surface area contributed by atoms with Crippen LogP contribution in [0.4, 0.5) is 0 Å². The average molecular weight is 243 g/mol. The van der Waals surface area contributed by atoms with Crippen molar-refractivity contribution < 1.29 is 0 Å². The zero-order valence-corrected chi connectivity index (χ0v) is 11.2. The van der Waals surface area contributed by atoms with E-state index in [1.807, 2.05) is 12.4 Å². The van der Waals surface area contributed by atoms with Gasteiger partial charge in [-0.05, 0) is 42.4 Å². The first-order valence-corrected chi connectivity index (χ1v) is 6.84. The molecular formula is C15H21N3. The second-order valence-electron chi connectivity index (χ2n) is 5.18. The van der Waals surface area contributed by atoms with Gasteiger partial charge in [-0.2, -0.15) is 5.26 Å². The van der Waals surface area contributed by atoms with Gasteiger partial charge in [0.05, 0.1) is 12.1 Å². The number of rotatable bonds is 4. The third kappa shape index (κ3) is 2.70. The number of hydrogen-bond donors (Lipinski definition) is 1. The highest BCUT2D eigenvalue weighted by Gasteiger charge is 2.24. The number of nitrogens with zero attached hydrogens (tertiary/aromatic N) is 2. The molecule has 0 spiro atoms. The molecule has 1 aliphatic rings. The zero-order chi connectivity index (χ0) is 13.0. The van der Waals surface area contributed by atoms with Crippen molar-refractivity contribution in [2.24, 2.45) is 5.92 Å². The largest absolute Gasteiger partial charge is 0.295 e. The van der Waals surface area contributed by atoms with Crippen LogP contribution < -0.4 is 5.32 Å². The summed E-state index contributed by atoms with van der Waals surface area (Å²) in [4.78, 5) is 4.22. The van der Waals surface area contributed by atoms with E-state index < -0.39 is 0 Å². The van der Waals surface area contributed by atoms with Gasteiger partial charge in [-0.25, -0.2) is 0 Å². The first kappa shape index (κ1) is 13.0. The minimum Gasteiger partial charge on any atom is -0.295 e. The lowest BCUT2D eigenvalue weighted by atomic mass is 9.88. The maximum atomic E-state index is 9.28. The Bertz CT molecular complexity index is 436. The van der Waals surface area contributed by atoms with Crippen molar-refractivity contribution in [3.8, 4) is 6.07 Å². The van der Waals surface area contributed by atoms with Crippen molar-refractivity contribution in [3.63, 3.8) is 0 Å². The molecule has 0 saturated carbocycles. The lowest BCUT2D eigenvalue weighted by Crippen LogP contribution is -2.37. The maximum absolute atomic E-state index is 9.28. The highest BCUT2D eigenvalue weighted by Crippen LogP contribution is 2.29. The highest BCUT2D eigenvalue weighted by atomic mass is 15.0. The number of pyridine rings is 1. The standard InChI is InChI=1S/C15H21N3/c1-3-11(2)15(9-16)18-14-6-4-5-12-7-8-17-10-13(12)14/h7-8,10-11,14-15,18H,3-6H2,1-2H3. The molecule has 0 saturated heterocycles. The van der Waals surface area contributed by atoms with Gasteiger partial charge in [0.15, 0.2) is 0 Å². The third-order valence-electron chi connectivity index (χ3n) is 3.99. The molecule has 0 bridgehead atoms. The fraction of sp³-hybridized carbons (Fsp3) is 0.600. The fourth-order valence-electron chi connectivity index (χ4n) is 2.58. The first-order chi connectivity index (χ1) is 8.76. The summed E-state index contributed by atoms with van der Waals surface area (Å²) in [5.74, 6) is 0.386. The van der Waals surface area contributed by atoms with Gasteiger partial charge >= 0.3 is 0 Å². The van der Waals surface area contributed by atoms with Gasteiger partial charge < -0.3 is 0 Å². The summed E-state index contributed by atoms with van der Waals surface area (Å²) in [6, 6.07) is 4.73. The van der Waals surface area contributed by atoms with Crippen LogP contribution in [0, 0.1) is 17.2 Å². The fourth-order valence-corrected chi connectivity index (χ4v) is 2.58. The van der Waals surface area contributed by atoms with Gasteiger partial charge in [-0.3, -0.25) is 10.3 Å². The number of hydrogen-bond acceptors (Lipinski definition) is 3. The maximum Gasteiger partial charge on any atom is 0.0983 e. The smallest absolute Gasteiger partial charge is 0.0983 e. The summed E-state index contributed by atoms with van der Waals surface area (Å²) in [6.07, 6.45) is 8.27. The van der Waals surface area contributed by atoms with Gasteiger partial charge in [0.25, 0.3) is 0 Å². The summed E-state index contributed by atoms with van der Waals surface area (Å²) in [5.41, 5.74) is 2.67.